The summed E-state index contributed by atoms with van der Waals surface area (Å²) in [5.74, 6) is -1.31. The minimum absolute atomic E-state index is 0.00964. The Morgan fingerprint density at radius 2 is 1.14 bits per heavy atom. The number of aliphatic hydroxyl groups is 5. The number of phosphoric acid groups is 2. The van der Waals surface area contributed by atoms with Gasteiger partial charge in [-0.25, -0.2) is 9.13 Å². The summed E-state index contributed by atoms with van der Waals surface area (Å²) in [5.41, 5.74) is 0. The van der Waals surface area contributed by atoms with Gasteiger partial charge in [-0.3, -0.25) is 23.2 Å². The minimum Gasteiger partial charge on any atom is -0.462 e. The molecule has 19 heteroatoms. The van der Waals surface area contributed by atoms with E-state index in [2.05, 4.69) is 30.5 Å². The molecule has 1 aliphatic rings. The second-order valence-corrected chi connectivity index (χ2v) is 18.5. The molecule has 0 amide bonds. The maximum absolute atomic E-state index is 13.0. The fourth-order valence-corrected chi connectivity index (χ4v) is 8.15. The molecule has 8 N–H and O–H groups in total. The molecule has 370 valence electrons. The Balaban J connectivity index is 2.67. The zero-order valence-electron chi connectivity index (χ0n) is 37.8. The first-order valence-corrected chi connectivity index (χ1v) is 26.0. The van der Waals surface area contributed by atoms with Gasteiger partial charge in [0.15, 0.2) is 6.10 Å². The molecular formula is C45H78O17P2. The Hall–Kier alpha value is -2.34. The number of carbonyl (C=O) groups is 2. The molecule has 1 fully saturated rings. The summed E-state index contributed by atoms with van der Waals surface area (Å²) in [5, 5.41) is 51.2. The molecule has 64 heavy (non-hydrogen) atoms. The van der Waals surface area contributed by atoms with Crippen LogP contribution in [0.1, 0.15) is 149 Å². The number of esters is 2. The molecule has 1 aliphatic carbocycles. The van der Waals surface area contributed by atoms with E-state index in [0.29, 0.717) is 32.1 Å². The van der Waals surface area contributed by atoms with Crippen molar-refractivity contribution in [2.45, 2.75) is 198 Å². The van der Waals surface area contributed by atoms with Crippen molar-refractivity contribution < 1.29 is 82.0 Å². The van der Waals surface area contributed by atoms with Crippen LogP contribution in [0.15, 0.2) is 60.8 Å². The zero-order chi connectivity index (χ0) is 47.6. The minimum atomic E-state index is -5.38. The molecule has 1 saturated carbocycles. The lowest BCUT2D eigenvalue weighted by atomic mass is 9.85. The number of hydrogen-bond donors (Lipinski definition) is 8. The summed E-state index contributed by atoms with van der Waals surface area (Å²) >= 11 is 0. The Bertz CT molecular complexity index is 1490. The molecule has 0 aliphatic heterocycles. The van der Waals surface area contributed by atoms with E-state index in [-0.39, 0.29) is 12.8 Å². The summed E-state index contributed by atoms with van der Waals surface area (Å²) in [7, 11) is -10.7. The lowest BCUT2D eigenvalue weighted by Gasteiger charge is -2.43. The normalized spacial score (nSPS) is 22.8. The molecule has 0 aromatic carbocycles. The number of ether oxygens (including phenoxy) is 2. The smallest absolute Gasteiger partial charge is 0.462 e. The fourth-order valence-electron chi connectivity index (χ4n) is 6.62. The number of unbranched alkanes of at least 4 members (excludes halogenated alkanes) is 13. The highest BCUT2D eigenvalue weighted by Crippen LogP contribution is 2.49. The van der Waals surface area contributed by atoms with E-state index < -0.39 is 89.6 Å². The second kappa shape index (κ2) is 35.8. The maximum Gasteiger partial charge on any atom is 0.472 e. The van der Waals surface area contributed by atoms with Crippen LogP contribution in [0.3, 0.4) is 0 Å². The van der Waals surface area contributed by atoms with E-state index in [9.17, 15) is 49.1 Å². The first-order valence-electron chi connectivity index (χ1n) is 22.9. The van der Waals surface area contributed by atoms with Crippen molar-refractivity contribution in [1.29, 1.82) is 0 Å². The van der Waals surface area contributed by atoms with E-state index >= 15 is 0 Å². The van der Waals surface area contributed by atoms with Gasteiger partial charge >= 0.3 is 27.6 Å². The SMILES string of the molecule is CC/C=C\C/C=C\CC(O)/C=C/C=C\C/C=C\CCCC(=O)OC[C@H](COP(=O)(O)O[C@H]1C(O)C(O)C(O)[C@@H](OP(=O)(O)O)C1O)OC(=O)CCCCCCCCCCCCCCC. The Kier molecular flexibility index (Phi) is 33.4. The average Bonchev–Trinajstić information content (AvgIpc) is 3.24. The molecule has 6 unspecified atom stereocenters. The largest absolute Gasteiger partial charge is 0.472 e. The molecule has 0 saturated heterocycles. The van der Waals surface area contributed by atoms with Gasteiger partial charge in [0.25, 0.3) is 0 Å². The van der Waals surface area contributed by atoms with Gasteiger partial charge < -0.3 is 49.7 Å². The summed E-state index contributed by atoms with van der Waals surface area (Å²) in [6.07, 6.45) is 22.2. The monoisotopic (exact) mass is 952 g/mol. The van der Waals surface area contributed by atoms with Crippen LogP contribution in [-0.4, -0.2) is 114 Å². The molecule has 0 heterocycles. The van der Waals surface area contributed by atoms with Crippen molar-refractivity contribution >= 4 is 27.6 Å². The molecule has 9 atom stereocenters. The molecule has 0 spiro atoms. The number of phosphoric ester groups is 2. The van der Waals surface area contributed by atoms with Crippen LogP contribution >= 0.6 is 15.6 Å². The highest BCUT2D eigenvalue weighted by Gasteiger charge is 2.54. The maximum atomic E-state index is 13.0. The predicted molar refractivity (Wildman–Crippen MR) is 242 cm³/mol. The van der Waals surface area contributed by atoms with Crippen LogP contribution in [0.25, 0.3) is 0 Å². The second-order valence-electron chi connectivity index (χ2n) is 15.9. The van der Waals surface area contributed by atoms with Crippen LogP contribution in [0.2, 0.25) is 0 Å². The number of aliphatic hydroxyl groups excluding tert-OH is 5. The van der Waals surface area contributed by atoms with Gasteiger partial charge in [0, 0.05) is 12.8 Å². The predicted octanol–water partition coefficient (Wildman–Crippen LogP) is 7.25. The lowest BCUT2D eigenvalue weighted by molar-refractivity contribution is -0.216. The van der Waals surface area contributed by atoms with Crippen LogP contribution in [0.5, 0.6) is 0 Å². The van der Waals surface area contributed by atoms with Crippen molar-refractivity contribution in [2.75, 3.05) is 13.2 Å². The number of carbonyl (C=O) groups excluding carboxylic acids is 2. The summed E-state index contributed by atoms with van der Waals surface area (Å²) in [6.45, 7) is 2.86. The van der Waals surface area contributed by atoms with Gasteiger partial charge in [0.1, 0.15) is 43.2 Å². The van der Waals surface area contributed by atoms with E-state index in [1.807, 2.05) is 36.5 Å². The van der Waals surface area contributed by atoms with Gasteiger partial charge in [-0.2, -0.15) is 0 Å². The van der Waals surface area contributed by atoms with Gasteiger partial charge in [-0.1, -0.05) is 152 Å². The number of rotatable bonds is 37. The molecule has 0 aromatic heterocycles. The standard InChI is InChI=1S/C45H78O17P2/c1-3-5-7-9-11-12-13-14-15-16-21-25-29-33-39(48)60-37(35-59-64(56,57)62-45-42(51)40(49)41(50)44(43(45)52)61-63(53,54)55)34-58-38(47)32-28-24-20-18-17-19-23-27-31-36(46)30-26-22-10-8-6-4-2/h6,8,18-20,22-23,26-27,31,36-37,40-46,49-52H,3-5,7,9-17,21,24-25,28-30,32-35H2,1-2H3,(H,56,57)(H2,53,54,55)/b8-6-,20-18-,23-19-,26-22-,31-27+/t36?,37-,40?,41?,42?,43?,44-,45+/m1/s1. The van der Waals surface area contributed by atoms with Crippen molar-refractivity contribution in [3.05, 3.63) is 60.8 Å². The third-order valence-corrected chi connectivity index (χ3v) is 11.7. The average molecular weight is 953 g/mol. The van der Waals surface area contributed by atoms with Crippen molar-refractivity contribution in [3.8, 4) is 0 Å². The molecule has 0 radical (unpaired) electrons. The van der Waals surface area contributed by atoms with Gasteiger partial charge in [0.05, 0.1) is 12.7 Å². The topological polar surface area (TPSA) is 276 Å². The highest BCUT2D eigenvalue weighted by atomic mass is 31.2. The zero-order valence-corrected chi connectivity index (χ0v) is 39.6. The summed E-state index contributed by atoms with van der Waals surface area (Å²) in [4.78, 5) is 54.2. The third-order valence-electron chi connectivity index (χ3n) is 10.2. The van der Waals surface area contributed by atoms with Crippen LogP contribution in [0.4, 0.5) is 0 Å². The lowest BCUT2D eigenvalue weighted by Crippen LogP contribution is -2.64. The first-order chi connectivity index (χ1) is 30.5. The third kappa shape index (κ3) is 30.0. The van der Waals surface area contributed by atoms with Gasteiger partial charge in [-0.05, 0) is 44.9 Å². The van der Waals surface area contributed by atoms with E-state index in [1.54, 1.807) is 12.2 Å². The van der Waals surface area contributed by atoms with Crippen LogP contribution in [0, 0.1) is 0 Å². The quantitative estimate of drug-likeness (QED) is 0.0100. The number of hydrogen-bond acceptors (Lipinski definition) is 14. The molecule has 0 aromatic rings. The van der Waals surface area contributed by atoms with Crippen molar-refractivity contribution in [3.63, 3.8) is 0 Å². The van der Waals surface area contributed by atoms with Crippen LogP contribution in [-0.2, 0) is 41.8 Å². The summed E-state index contributed by atoms with van der Waals surface area (Å²) < 4.78 is 49.2. The van der Waals surface area contributed by atoms with E-state index in [0.717, 1.165) is 38.5 Å². The molecule has 17 nitrogen and oxygen atoms in total. The molecule has 1 rings (SSSR count). The molecular weight excluding hydrogens is 874 g/mol. The Morgan fingerprint density at radius 3 is 1.75 bits per heavy atom. The summed E-state index contributed by atoms with van der Waals surface area (Å²) in [6, 6.07) is 0. The van der Waals surface area contributed by atoms with Gasteiger partial charge in [-0.15, -0.1) is 0 Å². The molecule has 0 bridgehead atoms. The Morgan fingerprint density at radius 1 is 0.594 bits per heavy atom. The van der Waals surface area contributed by atoms with Crippen molar-refractivity contribution in [2.24, 2.45) is 0 Å². The van der Waals surface area contributed by atoms with Crippen molar-refractivity contribution in [1.82, 2.24) is 0 Å². The fraction of sp³-hybridized carbons (Fsp3) is 0.733. The highest BCUT2D eigenvalue weighted by molar-refractivity contribution is 7.47. The van der Waals surface area contributed by atoms with E-state index in [1.165, 1.54) is 51.4 Å². The number of allylic oxidation sites excluding steroid dienone is 8. The Labute approximate surface area is 380 Å². The van der Waals surface area contributed by atoms with E-state index in [4.69, 9.17) is 28.3 Å². The first kappa shape index (κ1) is 59.7. The van der Waals surface area contributed by atoms with Gasteiger partial charge in [0.2, 0.25) is 0 Å². The van der Waals surface area contributed by atoms with Crippen LogP contribution < -0.4 is 0 Å².